The molecule has 0 aliphatic carbocycles. The third-order valence-corrected chi connectivity index (χ3v) is 3.24. The van der Waals surface area contributed by atoms with Crippen LogP contribution in [0.4, 0.5) is 0 Å². The Morgan fingerprint density at radius 2 is 2.17 bits per heavy atom. The second-order valence-corrected chi connectivity index (χ2v) is 4.67. The number of likely N-dealkylation sites (tertiary alicyclic amines) is 1. The Morgan fingerprint density at radius 1 is 1.39 bits per heavy atom. The van der Waals surface area contributed by atoms with E-state index in [1.165, 1.54) is 7.11 Å². The van der Waals surface area contributed by atoms with Crippen LogP contribution in [0.15, 0.2) is 0 Å². The number of rotatable bonds is 7. The van der Waals surface area contributed by atoms with E-state index < -0.39 is 0 Å². The van der Waals surface area contributed by atoms with Crippen LogP contribution in [0, 0.1) is 5.92 Å². The average molecular weight is 260 g/mol. The van der Waals surface area contributed by atoms with Crippen LogP contribution in [0.3, 0.4) is 0 Å². The molecule has 0 radical (unpaired) electrons. The van der Waals surface area contributed by atoms with Crippen LogP contribution < -0.4 is 5.32 Å². The number of esters is 1. The van der Waals surface area contributed by atoms with Gasteiger partial charge in [0, 0.05) is 32.3 Å². The van der Waals surface area contributed by atoms with Crippen LogP contribution in [0.5, 0.6) is 0 Å². The van der Waals surface area contributed by atoms with Gasteiger partial charge in [-0.15, -0.1) is 0 Å². The van der Waals surface area contributed by atoms with Gasteiger partial charge in [0.2, 0.25) is 0 Å². The van der Waals surface area contributed by atoms with E-state index in [1.807, 2.05) is 0 Å². The molecule has 1 saturated heterocycles. The zero-order valence-electron chi connectivity index (χ0n) is 11.0. The van der Waals surface area contributed by atoms with Crippen LogP contribution in [0.2, 0.25) is 0 Å². The van der Waals surface area contributed by atoms with Crippen LogP contribution in [-0.4, -0.2) is 73.6 Å². The first-order chi connectivity index (χ1) is 8.71. The maximum absolute atomic E-state index is 11.6. The maximum Gasteiger partial charge on any atom is 0.310 e. The van der Waals surface area contributed by atoms with Crippen molar-refractivity contribution in [2.75, 3.05) is 46.5 Å². The van der Waals surface area contributed by atoms with Crippen molar-refractivity contribution in [2.24, 2.45) is 5.92 Å². The Balaban J connectivity index is 2.48. The van der Waals surface area contributed by atoms with Crippen LogP contribution in [-0.2, 0) is 9.53 Å². The highest BCUT2D eigenvalue weighted by Gasteiger charge is 2.31. The monoisotopic (exact) mass is 260 g/mol. The number of hydrogen-bond donors (Lipinski definition) is 3. The van der Waals surface area contributed by atoms with Crippen molar-refractivity contribution in [1.29, 1.82) is 0 Å². The maximum atomic E-state index is 11.6. The summed E-state index contributed by atoms with van der Waals surface area (Å²) in [5.41, 5.74) is 0. The van der Waals surface area contributed by atoms with Crippen molar-refractivity contribution in [3.63, 3.8) is 0 Å². The van der Waals surface area contributed by atoms with E-state index in [0.29, 0.717) is 19.5 Å². The molecule has 3 N–H and O–H groups in total. The first-order valence-electron chi connectivity index (χ1n) is 6.46. The molecule has 0 aromatic rings. The third kappa shape index (κ3) is 4.89. The molecule has 1 rings (SSSR count). The molecular weight excluding hydrogens is 236 g/mol. The van der Waals surface area contributed by atoms with Gasteiger partial charge >= 0.3 is 5.97 Å². The summed E-state index contributed by atoms with van der Waals surface area (Å²) >= 11 is 0. The Hall–Kier alpha value is -0.690. The standard InChI is InChI=1S/C12H24N2O4/c1-18-12(17)10-7-11(13-3-2-5-15)9-14(8-10)4-6-16/h10-11,13,15-16H,2-9H2,1H3. The summed E-state index contributed by atoms with van der Waals surface area (Å²) in [6, 6.07) is 0.209. The largest absolute Gasteiger partial charge is 0.469 e. The number of aliphatic hydroxyl groups excluding tert-OH is 2. The van der Waals surface area contributed by atoms with Gasteiger partial charge in [0.15, 0.2) is 0 Å². The lowest BCUT2D eigenvalue weighted by molar-refractivity contribution is -0.147. The summed E-state index contributed by atoms with van der Waals surface area (Å²) in [5.74, 6) is -0.325. The smallest absolute Gasteiger partial charge is 0.310 e. The first-order valence-corrected chi connectivity index (χ1v) is 6.46. The Morgan fingerprint density at radius 3 is 2.78 bits per heavy atom. The molecule has 1 heterocycles. The van der Waals surface area contributed by atoms with E-state index in [4.69, 9.17) is 14.9 Å². The first kappa shape index (κ1) is 15.4. The Labute approximate surface area is 108 Å². The van der Waals surface area contributed by atoms with Gasteiger partial charge in [0.25, 0.3) is 0 Å². The number of nitrogens with one attached hydrogen (secondary N) is 1. The lowest BCUT2D eigenvalue weighted by Crippen LogP contribution is -2.52. The van der Waals surface area contributed by atoms with Crippen molar-refractivity contribution >= 4 is 5.97 Å². The minimum atomic E-state index is -0.188. The van der Waals surface area contributed by atoms with Crippen LogP contribution in [0.25, 0.3) is 0 Å². The number of hydrogen-bond acceptors (Lipinski definition) is 6. The van der Waals surface area contributed by atoms with Crippen molar-refractivity contribution in [3.05, 3.63) is 0 Å². The molecule has 18 heavy (non-hydrogen) atoms. The van der Waals surface area contributed by atoms with E-state index >= 15 is 0 Å². The summed E-state index contributed by atoms with van der Waals surface area (Å²) in [6.45, 7) is 3.04. The van der Waals surface area contributed by atoms with Gasteiger partial charge in [-0.2, -0.15) is 0 Å². The van der Waals surface area contributed by atoms with Gasteiger partial charge in [0.05, 0.1) is 19.6 Å². The van der Waals surface area contributed by atoms with Gasteiger partial charge in [0.1, 0.15) is 0 Å². The van der Waals surface area contributed by atoms with Crippen molar-refractivity contribution in [3.8, 4) is 0 Å². The summed E-state index contributed by atoms with van der Waals surface area (Å²) in [4.78, 5) is 13.7. The molecule has 0 spiro atoms. The van der Waals surface area contributed by atoms with Crippen LogP contribution >= 0.6 is 0 Å². The Bertz CT molecular complexity index is 250. The van der Waals surface area contributed by atoms with Gasteiger partial charge in [-0.25, -0.2) is 0 Å². The minimum absolute atomic E-state index is 0.0945. The molecule has 2 atom stereocenters. The Kier molecular flexibility index (Phi) is 7.19. The quantitative estimate of drug-likeness (QED) is 0.395. The predicted molar refractivity (Wildman–Crippen MR) is 67.1 cm³/mol. The number of piperidine rings is 1. The zero-order chi connectivity index (χ0) is 13.4. The van der Waals surface area contributed by atoms with E-state index in [-0.39, 0.29) is 31.1 Å². The third-order valence-electron chi connectivity index (χ3n) is 3.24. The second-order valence-electron chi connectivity index (χ2n) is 4.67. The molecule has 0 saturated carbocycles. The number of ether oxygens (including phenoxy) is 1. The number of carbonyl (C=O) groups is 1. The summed E-state index contributed by atoms with van der Waals surface area (Å²) in [7, 11) is 1.40. The number of β-amino-alcohol motifs (C(OH)–C–C–N with tert-alkyl or cyclic N) is 1. The van der Waals surface area contributed by atoms with E-state index in [0.717, 1.165) is 19.5 Å². The highest BCUT2D eigenvalue weighted by atomic mass is 16.5. The molecule has 2 unspecified atom stereocenters. The normalized spacial score (nSPS) is 25.1. The predicted octanol–water partition coefficient (Wildman–Crippen LogP) is -1.19. The summed E-state index contributed by atoms with van der Waals surface area (Å²) < 4.78 is 4.79. The molecule has 0 aromatic heterocycles. The lowest BCUT2D eigenvalue weighted by Gasteiger charge is -2.36. The zero-order valence-corrected chi connectivity index (χ0v) is 11.0. The number of methoxy groups -OCH3 is 1. The van der Waals surface area contributed by atoms with Crippen molar-refractivity contribution in [2.45, 2.75) is 18.9 Å². The molecule has 1 aliphatic rings. The molecule has 0 bridgehead atoms. The van der Waals surface area contributed by atoms with Gasteiger partial charge in [-0.05, 0) is 19.4 Å². The van der Waals surface area contributed by atoms with Gasteiger partial charge in [-0.3, -0.25) is 9.69 Å². The topological polar surface area (TPSA) is 82.0 Å². The van der Waals surface area contributed by atoms with E-state index in [9.17, 15) is 4.79 Å². The summed E-state index contributed by atoms with van der Waals surface area (Å²) in [5, 5.41) is 21.1. The number of aliphatic hydroxyl groups is 2. The van der Waals surface area contributed by atoms with Gasteiger partial charge in [-0.1, -0.05) is 0 Å². The molecule has 1 aliphatic heterocycles. The average Bonchev–Trinajstić information content (AvgIpc) is 2.38. The SMILES string of the molecule is COC(=O)C1CC(NCCCO)CN(CCO)C1. The molecule has 6 heteroatoms. The molecule has 0 aromatic carbocycles. The van der Waals surface area contributed by atoms with E-state index in [1.54, 1.807) is 0 Å². The minimum Gasteiger partial charge on any atom is -0.469 e. The fourth-order valence-electron chi connectivity index (χ4n) is 2.38. The molecule has 1 fully saturated rings. The number of nitrogens with zero attached hydrogens (tertiary/aromatic N) is 1. The highest BCUT2D eigenvalue weighted by molar-refractivity contribution is 5.72. The molecule has 6 nitrogen and oxygen atoms in total. The van der Waals surface area contributed by atoms with Crippen molar-refractivity contribution in [1.82, 2.24) is 10.2 Å². The fourth-order valence-corrected chi connectivity index (χ4v) is 2.38. The lowest BCUT2D eigenvalue weighted by atomic mass is 9.94. The molecule has 0 amide bonds. The number of carbonyl (C=O) groups excluding carboxylic acids is 1. The van der Waals surface area contributed by atoms with Crippen molar-refractivity contribution < 1.29 is 19.7 Å². The highest BCUT2D eigenvalue weighted by Crippen LogP contribution is 2.18. The van der Waals surface area contributed by atoms with Crippen LogP contribution in [0.1, 0.15) is 12.8 Å². The fraction of sp³-hybridized carbons (Fsp3) is 0.917. The summed E-state index contributed by atoms with van der Waals surface area (Å²) in [6.07, 6.45) is 1.46. The van der Waals surface area contributed by atoms with Gasteiger partial charge < -0.3 is 20.3 Å². The van der Waals surface area contributed by atoms with E-state index in [2.05, 4.69) is 10.2 Å². The second kappa shape index (κ2) is 8.42. The molecule has 106 valence electrons. The molecular formula is C12H24N2O4.